The summed E-state index contributed by atoms with van der Waals surface area (Å²) in [5, 5.41) is 10.0. The minimum absolute atomic E-state index is 0.0764. The number of aromatic amines is 1. The predicted octanol–water partition coefficient (Wildman–Crippen LogP) is 3.58. The van der Waals surface area contributed by atoms with Crippen LogP contribution in [0.15, 0.2) is 53.7 Å². The van der Waals surface area contributed by atoms with Crippen molar-refractivity contribution in [2.24, 2.45) is 0 Å². The molecule has 0 bridgehead atoms. The molecule has 0 saturated carbocycles. The Bertz CT molecular complexity index is 1160. The molecule has 0 fully saturated rings. The number of nitrogens with zero attached hydrogens (tertiary/aromatic N) is 4. The standard InChI is InChI=1S/C20H17N5OS/c26-17(25-11-5-7-13-6-1-4-10-16(13)25)12-27-20-22-19-18(23-24-20)14-8-2-3-9-15(14)21-19/h1-4,6,8-10H,5,7,11-12H2,(H,21,22,24). The molecule has 4 aromatic rings. The summed E-state index contributed by atoms with van der Waals surface area (Å²) < 4.78 is 0. The maximum Gasteiger partial charge on any atom is 0.237 e. The number of anilines is 1. The lowest BCUT2D eigenvalue weighted by atomic mass is 10.0. The number of aromatic nitrogens is 4. The van der Waals surface area contributed by atoms with E-state index in [0.717, 1.165) is 41.5 Å². The third-order valence-corrected chi connectivity index (χ3v) is 5.66. The lowest BCUT2D eigenvalue weighted by Gasteiger charge is -2.29. The normalized spacial score (nSPS) is 13.9. The highest BCUT2D eigenvalue weighted by molar-refractivity contribution is 7.99. The molecule has 1 aliphatic heterocycles. The Labute approximate surface area is 160 Å². The average molecular weight is 375 g/mol. The van der Waals surface area contributed by atoms with Crippen molar-refractivity contribution < 1.29 is 4.79 Å². The Hall–Kier alpha value is -2.93. The molecule has 7 heteroatoms. The molecule has 0 spiro atoms. The molecular formula is C20H17N5OS. The summed E-state index contributed by atoms with van der Waals surface area (Å²) in [7, 11) is 0. The molecule has 0 unspecified atom stereocenters. The zero-order valence-corrected chi connectivity index (χ0v) is 15.4. The number of thioether (sulfide) groups is 1. The Morgan fingerprint density at radius 1 is 1.11 bits per heavy atom. The fourth-order valence-electron chi connectivity index (χ4n) is 3.56. The van der Waals surface area contributed by atoms with Crippen LogP contribution in [0.3, 0.4) is 0 Å². The highest BCUT2D eigenvalue weighted by atomic mass is 32.2. The van der Waals surface area contributed by atoms with Gasteiger partial charge in [0, 0.05) is 23.1 Å². The zero-order valence-electron chi connectivity index (χ0n) is 14.6. The number of hydrogen-bond donors (Lipinski definition) is 1. The number of H-pyrrole nitrogens is 1. The number of hydrogen-bond acceptors (Lipinski definition) is 5. The van der Waals surface area contributed by atoms with Gasteiger partial charge in [0.2, 0.25) is 11.1 Å². The van der Waals surface area contributed by atoms with Crippen molar-refractivity contribution in [3.8, 4) is 0 Å². The first-order valence-corrected chi connectivity index (χ1v) is 9.90. The molecule has 1 aliphatic rings. The second-order valence-electron chi connectivity index (χ2n) is 6.53. The van der Waals surface area contributed by atoms with Crippen molar-refractivity contribution in [1.29, 1.82) is 0 Å². The van der Waals surface area contributed by atoms with Crippen molar-refractivity contribution in [2.45, 2.75) is 18.0 Å². The van der Waals surface area contributed by atoms with Gasteiger partial charge in [0.05, 0.1) is 5.75 Å². The molecule has 1 N–H and O–H groups in total. The highest BCUT2D eigenvalue weighted by Crippen LogP contribution is 2.28. The quantitative estimate of drug-likeness (QED) is 0.554. The summed E-state index contributed by atoms with van der Waals surface area (Å²) >= 11 is 1.33. The number of nitrogens with one attached hydrogen (secondary N) is 1. The van der Waals surface area contributed by atoms with Crippen molar-refractivity contribution in [3.05, 3.63) is 54.1 Å². The molecule has 6 nitrogen and oxygen atoms in total. The van der Waals surface area contributed by atoms with Crippen molar-refractivity contribution in [1.82, 2.24) is 20.2 Å². The van der Waals surface area contributed by atoms with E-state index in [1.165, 1.54) is 17.3 Å². The topological polar surface area (TPSA) is 74.8 Å². The summed E-state index contributed by atoms with van der Waals surface area (Å²) in [6, 6.07) is 16.0. The van der Waals surface area contributed by atoms with Crippen LogP contribution in [0.4, 0.5) is 5.69 Å². The molecule has 2 aromatic heterocycles. The molecule has 2 aromatic carbocycles. The van der Waals surface area contributed by atoms with Crippen LogP contribution in [0.1, 0.15) is 12.0 Å². The van der Waals surface area contributed by atoms with Gasteiger partial charge in [0.15, 0.2) is 5.65 Å². The fourth-order valence-corrected chi connectivity index (χ4v) is 4.23. The number of benzene rings is 2. The van der Waals surface area contributed by atoms with Crippen LogP contribution in [0.2, 0.25) is 0 Å². The number of fused-ring (bicyclic) bond motifs is 4. The fraction of sp³-hybridized carbons (Fsp3) is 0.200. The van der Waals surface area contributed by atoms with Gasteiger partial charge in [-0.25, -0.2) is 4.98 Å². The maximum atomic E-state index is 12.8. The van der Waals surface area contributed by atoms with E-state index in [4.69, 9.17) is 0 Å². The number of rotatable bonds is 3. The van der Waals surface area contributed by atoms with Crippen LogP contribution in [0, 0.1) is 0 Å². The molecule has 134 valence electrons. The second kappa shape index (κ2) is 6.66. The first-order valence-electron chi connectivity index (χ1n) is 8.92. The van der Waals surface area contributed by atoms with Crippen LogP contribution in [-0.2, 0) is 11.2 Å². The summed E-state index contributed by atoms with van der Waals surface area (Å²) in [6.07, 6.45) is 2.02. The summed E-state index contributed by atoms with van der Waals surface area (Å²) in [4.78, 5) is 22.4. The summed E-state index contributed by atoms with van der Waals surface area (Å²) in [6.45, 7) is 0.760. The molecule has 0 radical (unpaired) electrons. The van der Waals surface area contributed by atoms with Gasteiger partial charge in [-0.3, -0.25) is 4.79 Å². The molecule has 3 heterocycles. The number of para-hydroxylation sites is 2. The number of carbonyl (C=O) groups excluding carboxylic acids is 1. The van der Waals surface area contributed by atoms with E-state index in [9.17, 15) is 4.79 Å². The van der Waals surface area contributed by atoms with Gasteiger partial charge < -0.3 is 9.88 Å². The van der Waals surface area contributed by atoms with E-state index in [1.807, 2.05) is 47.4 Å². The zero-order chi connectivity index (χ0) is 18.2. The van der Waals surface area contributed by atoms with Gasteiger partial charge in [0.25, 0.3) is 0 Å². The smallest absolute Gasteiger partial charge is 0.237 e. The Morgan fingerprint density at radius 3 is 2.93 bits per heavy atom. The van der Waals surface area contributed by atoms with Crippen LogP contribution >= 0.6 is 11.8 Å². The van der Waals surface area contributed by atoms with Gasteiger partial charge >= 0.3 is 0 Å². The average Bonchev–Trinajstić information content (AvgIpc) is 3.09. The van der Waals surface area contributed by atoms with Crippen molar-refractivity contribution >= 4 is 45.4 Å². The third kappa shape index (κ3) is 2.94. The SMILES string of the molecule is O=C(CSc1nnc2c(n1)[nH]c1ccccc12)N1CCCc2ccccc21. The summed E-state index contributed by atoms with van der Waals surface area (Å²) in [5.41, 5.74) is 4.70. The monoisotopic (exact) mass is 375 g/mol. The van der Waals surface area contributed by atoms with E-state index in [1.54, 1.807) is 0 Å². The van der Waals surface area contributed by atoms with Crippen LogP contribution in [0.25, 0.3) is 22.1 Å². The number of carbonyl (C=O) groups is 1. The first-order chi connectivity index (χ1) is 13.3. The van der Waals surface area contributed by atoms with Crippen LogP contribution in [-0.4, -0.2) is 38.4 Å². The largest absolute Gasteiger partial charge is 0.338 e. The number of aryl methyl sites for hydroxylation is 1. The minimum atomic E-state index is 0.0764. The van der Waals surface area contributed by atoms with E-state index in [-0.39, 0.29) is 5.91 Å². The molecule has 5 rings (SSSR count). The van der Waals surface area contributed by atoms with E-state index in [2.05, 4.69) is 26.2 Å². The molecule has 0 saturated heterocycles. The lowest BCUT2D eigenvalue weighted by Crippen LogP contribution is -2.36. The first kappa shape index (κ1) is 16.3. The Kier molecular flexibility index (Phi) is 4.01. The van der Waals surface area contributed by atoms with Gasteiger partial charge in [-0.05, 0) is 30.5 Å². The second-order valence-corrected chi connectivity index (χ2v) is 7.47. The van der Waals surface area contributed by atoms with Gasteiger partial charge in [-0.1, -0.05) is 48.2 Å². The molecular weight excluding hydrogens is 358 g/mol. The molecule has 0 aliphatic carbocycles. The number of amides is 1. The van der Waals surface area contributed by atoms with Gasteiger partial charge in [-0.15, -0.1) is 10.2 Å². The van der Waals surface area contributed by atoms with E-state index < -0.39 is 0 Å². The van der Waals surface area contributed by atoms with Gasteiger partial charge in [0.1, 0.15) is 5.52 Å². The highest BCUT2D eigenvalue weighted by Gasteiger charge is 2.22. The third-order valence-electron chi connectivity index (χ3n) is 4.84. The predicted molar refractivity (Wildman–Crippen MR) is 107 cm³/mol. The maximum absolute atomic E-state index is 12.8. The van der Waals surface area contributed by atoms with Gasteiger partial charge in [-0.2, -0.15) is 0 Å². The Morgan fingerprint density at radius 2 is 1.96 bits per heavy atom. The summed E-state index contributed by atoms with van der Waals surface area (Å²) in [5.74, 6) is 0.370. The van der Waals surface area contributed by atoms with Crippen LogP contribution < -0.4 is 4.90 Å². The molecule has 1 amide bonds. The van der Waals surface area contributed by atoms with Crippen molar-refractivity contribution in [2.75, 3.05) is 17.2 Å². The Balaban J connectivity index is 1.35. The van der Waals surface area contributed by atoms with Crippen LogP contribution in [0.5, 0.6) is 0 Å². The van der Waals surface area contributed by atoms with E-state index in [0.29, 0.717) is 16.6 Å². The van der Waals surface area contributed by atoms with E-state index >= 15 is 0 Å². The lowest BCUT2D eigenvalue weighted by molar-refractivity contribution is -0.116. The van der Waals surface area contributed by atoms with Crippen molar-refractivity contribution in [3.63, 3.8) is 0 Å². The molecule has 0 atom stereocenters. The molecule has 27 heavy (non-hydrogen) atoms. The minimum Gasteiger partial charge on any atom is -0.338 e.